The normalized spacial score (nSPS) is 11.5. The van der Waals surface area contributed by atoms with Crippen molar-refractivity contribution in [2.75, 3.05) is 12.9 Å². The Labute approximate surface area is 196 Å². The fourth-order valence-electron chi connectivity index (χ4n) is 3.19. The largest absolute Gasteiger partial charge is 0.493 e. The average Bonchev–Trinajstić information content (AvgIpc) is 2.83. The van der Waals surface area contributed by atoms with Gasteiger partial charge in [0.15, 0.2) is 11.5 Å². The van der Waals surface area contributed by atoms with Crippen molar-refractivity contribution < 1.29 is 22.1 Å². The predicted octanol–water partition coefficient (Wildman–Crippen LogP) is 6.04. The fraction of sp³-hybridized carbons (Fsp3) is 0.259. The first-order chi connectivity index (χ1) is 16.0. The summed E-state index contributed by atoms with van der Waals surface area (Å²) in [6, 6.07) is 23.3. The molecule has 0 N–H and O–H groups in total. The van der Waals surface area contributed by atoms with E-state index in [-0.39, 0.29) is 11.5 Å². The van der Waals surface area contributed by atoms with Gasteiger partial charge in [-0.05, 0) is 53.8 Å². The molecule has 0 atom stereocenters. The van der Waals surface area contributed by atoms with Gasteiger partial charge in [0, 0.05) is 0 Å². The first kappa shape index (κ1) is 24.4. The summed E-state index contributed by atoms with van der Waals surface area (Å²) in [5.41, 5.74) is 3.14. The summed E-state index contributed by atoms with van der Waals surface area (Å²) in [6.45, 7) is 2.46. The summed E-state index contributed by atoms with van der Waals surface area (Å²) < 4.78 is 40.7. The van der Waals surface area contributed by atoms with Crippen molar-refractivity contribution >= 4 is 16.2 Å². The van der Waals surface area contributed by atoms with E-state index in [4.69, 9.17) is 13.7 Å². The monoisotopic (exact) mass is 466 g/mol. The highest BCUT2D eigenvalue weighted by molar-refractivity contribution is 7.87. The quantitative estimate of drug-likeness (QED) is 0.305. The van der Waals surface area contributed by atoms with Gasteiger partial charge < -0.3 is 13.7 Å². The van der Waals surface area contributed by atoms with Crippen molar-refractivity contribution in [3.05, 3.63) is 95.6 Å². The third-order valence-corrected chi connectivity index (χ3v) is 6.19. The first-order valence-electron chi connectivity index (χ1n) is 11.0. The molecular formula is C27H30O5S. The van der Waals surface area contributed by atoms with Crippen LogP contribution in [-0.2, 0) is 23.1 Å². The fourth-order valence-corrected chi connectivity index (χ4v) is 4.32. The molecule has 0 aliphatic carbocycles. The Hall–Kier alpha value is -3.25. The van der Waals surface area contributed by atoms with Crippen LogP contribution in [0.3, 0.4) is 0 Å². The number of hydrogen-bond acceptors (Lipinski definition) is 5. The minimum absolute atomic E-state index is 0.00866. The highest BCUT2D eigenvalue weighted by Crippen LogP contribution is 2.30. The highest BCUT2D eigenvalue weighted by Gasteiger charge is 2.15. The topological polar surface area (TPSA) is 61.8 Å². The molecule has 0 saturated heterocycles. The molecule has 0 heterocycles. The first-order valence-corrected chi connectivity index (χ1v) is 12.6. The van der Waals surface area contributed by atoms with Crippen LogP contribution >= 0.6 is 0 Å². The number of allylic oxidation sites excluding steroid dienone is 1. The summed E-state index contributed by atoms with van der Waals surface area (Å²) >= 11 is 0. The molecule has 0 aromatic heterocycles. The predicted molar refractivity (Wildman–Crippen MR) is 132 cm³/mol. The van der Waals surface area contributed by atoms with Crippen LogP contribution in [0.4, 0.5) is 0 Å². The van der Waals surface area contributed by atoms with Gasteiger partial charge in [-0.25, -0.2) is 0 Å². The molecule has 174 valence electrons. The molecule has 0 fully saturated rings. The van der Waals surface area contributed by atoms with Crippen molar-refractivity contribution in [3.8, 4) is 17.2 Å². The van der Waals surface area contributed by atoms with Gasteiger partial charge in [0.1, 0.15) is 12.4 Å². The van der Waals surface area contributed by atoms with Crippen LogP contribution in [0, 0.1) is 0 Å². The van der Waals surface area contributed by atoms with E-state index < -0.39 is 10.1 Å². The number of ether oxygens (including phenoxy) is 2. The number of rotatable bonds is 12. The standard InChI is InChI=1S/C27H30O5S/c1-3-4-18-33(28,29)32-26-17-16-23(20-27(26)30-2)13-8-12-22-14-9-15-25(19-22)31-21-24-10-6-5-7-11-24/h5-12,14-17,19-20H,3-4,13,18,21H2,1-2H3/b12-8+. The van der Waals surface area contributed by atoms with Gasteiger partial charge in [-0.15, -0.1) is 0 Å². The molecule has 3 aromatic carbocycles. The van der Waals surface area contributed by atoms with Crippen molar-refractivity contribution in [2.45, 2.75) is 32.8 Å². The van der Waals surface area contributed by atoms with E-state index in [1.807, 2.05) is 79.7 Å². The molecule has 3 rings (SSSR count). The Morgan fingerprint density at radius 3 is 2.45 bits per heavy atom. The Balaban J connectivity index is 1.60. The maximum absolute atomic E-state index is 12.1. The van der Waals surface area contributed by atoms with Crippen LogP contribution in [0.1, 0.15) is 36.5 Å². The number of benzene rings is 3. The molecule has 0 amide bonds. The lowest BCUT2D eigenvalue weighted by Gasteiger charge is -2.11. The van der Waals surface area contributed by atoms with Gasteiger partial charge in [0.25, 0.3) is 0 Å². The summed E-state index contributed by atoms with van der Waals surface area (Å²) in [5.74, 6) is 1.42. The van der Waals surface area contributed by atoms with Crippen molar-refractivity contribution in [1.82, 2.24) is 0 Å². The summed E-state index contributed by atoms with van der Waals surface area (Å²) in [7, 11) is -2.13. The Morgan fingerprint density at radius 1 is 0.879 bits per heavy atom. The van der Waals surface area contributed by atoms with Crippen molar-refractivity contribution in [3.63, 3.8) is 0 Å². The lowest BCUT2D eigenvalue weighted by atomic mass is 10.1. The van der Waals surface area contributed by atoms with Crippen LogP contribution in [0.5, 0.6) is 17.2 Å². The molecule has 0 radical (unpaired) electrons. The summed E-state index contributed by atoms with van der Waals surface area (Å²) in [4.78, 5) is 0. The number of methoxy groups -OCH3 is 1. The molecule has 0 aliphatic heterocycles. The minimum Gasteiger partial charge on any atom is -0.493 e. The SMILES string of the molecule is CCCCS(=O)(=O)Oc1ccc(C/C=C/c2cccc(OCc3ccccc3)c2)cc1OC. The second kappa shape index (κ2) is 12.1. The van der Waals surface area contributed by atoms with Crippen LogP contribution in [0.2, 0.25) is 0 Å². The van der Waals surface area contributed by atoms with Crippen LogP contribution in [0.25, 0.3) is 6.08 Å². The molecule has 0 aliphatic rings. The molecule has 33 heavy (non-hydrogen) atoms. The Morgan fingerprint density at radius 2 is 1.70 bits per heavy atom. The van der Waals surface area contributed by atoms with Gasteiger partial charge >= 0.3 is 10.1 Å². The smallest absolute Gasteiger partial charge is 0.309 e. The molecule has 0 saturated carbocycles. The van der Waals surface area contributed by atoms with E-state index >= 15 is 0 Å². The zero-order chi connectivity index (χ0) is 23.5. The minimum atomic E-state index is -3.63. The Kier molecular flexibility index (Phi) is 8.95. The molecule has 5 nitrogen and oxygen atoms in total. The zero-order valence-corrected chi connectivity index (χ0v) is 19.9. The second-order valence-electron chi connectivity index (χ2n) is 7.64. The van der Waals surface area contributed by atoms with E-state index in [0.717, 1.165) is 28.9 Å². The van der Waals surface area contributed by atoms with E-state index in [9.17, 15) is 8.42 Å². The van der Waals surface area contributed by atoms with Crippen LogP contribution in [0.15, 0.2) is 78.9 Å². The zero-order valence-electron chi connectivity index (χ0n) is 19.1. The summed E-state index contributed by atoms with van der Waals surface area (Å²) in [6.07, 6.45) is 6.08. The Bertz CT molecular complexity index is 1150. The lowest BCUT2D eigenvalue weighted by molar-refractivity contribution is 0.306. The number of unbranched alkanes of at least 4 members (excludes halogenated alkanes) is 1. The molecule has 0 spiro atoms. The van der Waals surface area contributed by atoms with E-state index in [0.29, 0.717) is 25.2 Å². The lowest BCUT2D eigenvalue weighted by Crippen LogP contribution is -2.14. The van der Waals surface area contributed by atoms with Gasteiger partial charge in [-0.2, -0.15) is 8.42 Å². The second-order valence-corrected chi connectivity index (χ2v) is 9.33. The highest BCUT2D eigenvalue weighted by atomic mass is 32.2. The third kappa shape index (κ3) is 7.99. The maximum Gasteiger partial charge on any atom is 0.309 e. The maximum atomic E-state index is 12.1. The molecule has 6 heteroatoms. The molecular weight excluding hydrogens is 436 g/mol. The third-order valence-electron chi connectivity index (χ3n) is 4.96. The van der Waals surface area contributed by atoms with E-state index in [2.05, 4.69) is 0 Å². The van der Waals surface area contributed by atoms with Gasteiger partial charge in [-0.3, -0.25) is 0 Å². The molecule has 3 aromatic rings. The average molecular weight is 467 g/mol. The van der Waals surface area contributed by atoms with E-state index in [1.165, 1.54) is 7.11 Å². The van der Waals surface area contributed by atoms with Crippen LogP contribution in [-0.4, -0.2) is 21.3 Å². The summed E-state index contributed by atoms with van der Waals surface area (Å²) in [5, 5.41) is 0. The van der Waals surface area contributed by atoms with Gasteiger partial charge in [0.2, 0.25) is 0 Å². The number of hydrogen-bond donors (Lipinski definition) is 0. The van der Waals surface area contributed by atoms with Gasteiger partial charge in [0.05, 0.1) is 12.9 Å². The molecule has 0 bridgehead atoms. The van der Waals surface area contributed by atoms with E-state index in [1.54, 1.807) is 12.1 Å². The van der Waals surface area contributed by atoms with Crippen LogP contribution < -0.4 is 13.7 Å². The van der Waals surface area contributed by atoms with Crippen molar-refractivity contribution in [1.29, 1.82) is 0 Å². The molecule has 0 unspecified atom stereocenters. The van der Waals surface area contributed by atoms with Crippen molar-refractivity contribution in [2.24, 2.45) is 0 Å². The van der Waals surface area contributed by atoms with Gasteiger partial charge in [-0.1, -0.05) is 74.0 Å².